The van der Waals surface area contributed by atoms with E-state index >= 15 is 0 Å². The van der Waals surface area contributed by atoms with Crippen LogP contribution in [0.3, 0.4) is 0 Å². The van der Waals surface area contributed by atoms with Crippen molar-refractivity contribution in [3.05, 3.63) is 59.4 Å². The number of hydrogen-bond donors (Lipinski definition) is 2. The summed E-state index contributed by atoms with van der Waals surface area (Å²) in [6.45, 7) is 4.63. The highest BCUT2D eigenvalue weighted by molar-refractivity contribution is 5.86. The van der Waals surface area contributed by atoms with E-state index in [1.807, 2.05) is 0 Å². The Morgan fingerprint density at radius 3 is 2.83 bits per heavy atom. The summed E-state index contributed by atoms with van der Waals surface area (Å²) in [5.74, 6) is 2.83. The fourth-order valence-electron chi connectivity index (χ4n) is 6.06. The first-order valence-corrected chi connectivity index (χ1v) is 11.3. The second kappa shape index (κ2) is 6.88. The normalized spacial score (nSPS) is 28.3. The minimum Gasteiger partial charge on any atom is -0.382 e. The van der Waals surface area contributed by atoms with Crippen molar-refractivity contribution in [2.75, 3.05) is 18.4 Å². The summed E-state index contributed by atoms with van der Waals surface area (Å²) >= 11 is 0. The quantitative estimate of drug-likeness (QED) is 0.694. The fourth-order valence-corrected chi connectivity index (χ4v) is 6.06. The average Bonchev–Trinajstić information content (AvgIpc) is 3.43. The van der Waals surface area contributed by atoms with Gasteiger partial charge in [-0.05, 0) is 68.7 Å². The van der Waals surface area contributed by atoms with Crippen molar-refractivity contribution >= 4 is 16.7 Å². The van der Waals surface area contributed by atoms with E-state index in [-0.39, 0.29) is 0 Å². The predicted octanol–water partition coefficient (Wildman–Crippen LogP) is 4.54. The second-order valence-electron chi connectivity index (χ2n) is 9.33. The topological polar surface area (TPSA) is 41.9 Å². The molecule has 0 spiro atoms. The van der Waals surface area contributed by atoms with E-state index < -0.39 is 0 Å². The van der Waals surface area contributed by atoms with Gasteiger partial charge in [0.2, 0.25) is 0 Å². The van der Waals surface area contributed by atoms with E-state index in [1.54, 1.807) is 0 Å². The predicted molar refractivity (Wildman–Crippen MR) is 119 cm³/mol. The first-order valence-electron chi connectivity index (χ1n) is 11.3. The van der Waals surface area contributed by atoms with Crippen molar-refractivity contribution in [1.82, 2.24) is 14.9 Å². The van der Waals surface area contributed by atoms with Crippen LogP contribution < -0.4 is 10.6 Å². The molecule has 0 amide bonds. The van der Waals surface area contributed by atoms with Crippen molar-refractivity contribution in [3.63, 3.8) is 0 Å². The third-order valence-corrected chi connectivity index (χ3v) is 7.53. The van der Waals surface area contributed by atoms with Gasteiger partial charge >= 0.3 is 0 Å². The van der Waals surface area contributed by atoms with E-state index in [0.717, 1.165) is 31.2 Å². The van der Waals surface area contributed by atoms with E-state index in [9.17, 15) is 0 Å². The van der Waals surface area contributed by atoms with E-state index in [1.165, 1.54) is 59.5 Å². The summed E-state index contributed by atoms with van der Waals surface area (Å²) < 4.78 is 2.64. The number of rotatable bonds is 3. The van der Waals surface area contributed by atoms with Crippen molar-refractivity contribution in [2.24, 2.45) is 11.8 Å². The molecule has 1 saturated heterocycles. The number of anilines is 1. The molecule has 3 aliphatic rings. The Bertz CT molecular complexity index is 1040. The number of fused-ring (bicyclic) bond motifs is 4. The van der Waals surface area contributed by atoms with Crippen LogP contribution in [-0.2, 0) is 12.8 Å². The molecule has 2 fully saturated rings. The zero-order chi connectivity index (χ0) is 19.4. The van der Waals surface area contributed by atoms with Crippen molar-refractivity contribution in [2.45, 2.75) is 51.1 Å². The highest BCUT2D eigenvalue weighted by Gasteiger charge is 2.41. The lowest BCUT2D eigenvalue weighted by Gasteiger charge is -2.25. The zero-order valence-corrected chi connectivity index (χ0v) is 17.2. The molecule has 4 heteroatoms. The molecule has 0 unspecified atom stereocenters. The van der Waals surface area contributed by atoms with Gasteiger partial charge in [0.1, 0.15) is 5.82 Å². The van der Waals surface area contributed by atoms with Gasteiger partial charge in [-0.25, -0.2) is 4.98 Å². The Morgan fingerprint density at radius 2 is 1.93 bits per heavy atom. The Labute approximate surface area is 172 Å². The van der Waals surface area contributed by atoms with Crippen LogP contribution in [0, 0.1) is 11.8 Å². The molecule has 1 aliphatic carbocycles. The average molecular weight is 387 g/mol. The summed E-state index contributed by atoms with van der Waals surface area (Å²) in [5.41, 5.74) is 6.65. The van der Waals surface area contributed by atoms with Gasteiger partial charge in [0, 0.05) is 36.3 Å². The summed E-state index contributed by atoms with van der Waals surface area (Å²) in [6.07, 6.45) is 5.86. The summed E-state index contributed by atoms with van der Waals surface area (Å²) in [7, 11) is 0. The lowest BCUT2D eigenvalue weighted by atomic mass is 9.96. The molecule has 1 saturated carbocycles. The van der Waals surface area contributed by atoms with Gasteiger partial charge in [0.25, 0.3) is 0 Å². The number of aromatic nitrogens is 2. The van der Waals surface area contributed by atoms with E-state index in [2.05, 4.69) is 64.6 Å². The van der Waals surface area contributed by atoms with Gasteiger partial charge < -0.3 is 15.2 Å². The second-order valence-corrected chi connectivity index (χ2v) is 9.33. The van der Waals surface area contributed by atoms with Crippen LogP contribution in [-0.4, -0.2) is 28.7 Å². The third-order valence-electron chi connectivity index (χ3n) is 7.53. The molecule has 4 nitrogen and oxygen atoms in total. The number of aryl methyl sites for hydroxylation is 1. The molecule has 150 valence electrons. The third kappa shape index (κ3) is 2.88. The maximum atomic E-state index is 5.31. The van der Waals surface area contributed by atoms with Crippen LogP contribution in [0.5, 0.6) is 0 Å². The van der Waals surface area contributed by atoms with Gasteiger partial charge in [0.15, 0.2) is 0 Å². The number of benzene rings is 2. The van der Waals surface area contributed by atoms with Crippen molar-refractivity contribution in [3.8, 4) is 0 Å². The molecule has 3 heterocycles. The Kier molecular flexibility index (Phi) is 4.15. The van der Waals surface area contributed by atoms with Crippen LogP contribution >= 0.6 is 0 Å². The molecule has 6 rings (SSSR count). The number of hydrogen-bond acceptors (Lipinski definition) is 3. The molecule has 29 heavy (non-hydrogen) atoms. The molecule has 2 aliphatic heterocycles. The standard InChI is InChI=1S/C25H30N4/c1-16-7-9-19-21(27-16)10-12-23-25(19)28-24(13-17-5-3-2-4-6-17)29(23)22-11-8-18-14-26-15-20(18)22/h2-6,10,12,16,18,20,22,26-27H,7-9,11,13-15H2,1H3/t16-,18-,20+,22-/m0/s1. The molecule has 0 bridgehead atoms. The minimum absolute atomic E-state index is 0.547. The molecule has 2 aromatic carbocycles. The van der Waals surface area contributed by atoms with E-state index in [4.69, 9.17) is 4.98 Å². The maximum Gasteiger partial charge on any atom is 0.114 e. The molecule has 1 aromatic heterocycles. The maximum absolute atomic E-state index is 5.31. The monoisotopic (exact) mass is 386 g/mol. The first-order chi connectivity index (χ1) is 14.3. The summed E-state index contributed by atoms with van der Waals surface area (Å²) in [6, 6.07) is 16.6. The molecule has 2 N–H and O–H groups in total. The van der Waals surface area contributed by atoms with Gasteiger partial charge in [-0.15, -0.1) is 0 Å². The van der Waals surface area contributed by atoms with Gasteiger partial charge in [-0.1, -0.05) is 30.3 Å². The highest BCUT2D eigenvalue weighted by Crippen LogP contribution is 2.45. The van der Waals surface area contributed by atoms with Crippen molar-refractivity contribution in [1.29, 1.82) is 0 Å². The van der Waals surface area contributed by atoms with Crippen LogP contribution in [0.1, 0.15) is 49.2 Å². The molecule has 0 radical (unpaired) electrons. The number of nitrogens with zero attached hydrogens (tertiary/aromatic N) is 2. The minimum atomic E-state index is 0.547. The Balaban J connectivity index is 1.51. The molecular weight excluding hydrogens is 356 g/mol. The van der Waals surface area contributed by atoms with Crippen LogP contribution in [0.25, 0.3) is 11.0 Å². The van der Waals surface area contributed by atoms with Gasteiger partial charge in [0.05, 0.1) is 11.0 Å². The highest BCUT2D eigenvalue weighted by atomic mass is 15.1. The van der Waals surface area contributed by atoms with Gasteiger partial charge in [-0.2, -0.15) is 0 Å². The lowest BCUT2D eigenvalue weighted by molar-refractivity contribution is 0.370. The van der Waals surface area contributed by atoms with E-state index in [0.29, 0.717) is 12.1 Å². The fraction of sp³-hybridized carbons (Fsp3) is 0.480. The van der Waals surface area contributed by atoms with Crippen LogP contribution in [0.2, 0.25) is 0 Å². The zero-order valence-electron chi connectivity index (χ0n) is 17.2. The SMILES string of the molecule is C[C@H]1CCc2c(ccc3c2nc(Cc2ccccc2)n3[C@H]2CC[C@H]3CNC[C@H]32)N1. The smallest absolute Gasteiger partial charge is 0.114 e. The largest absolute Gasteiger partial charge is 0.382 e. The lowest BCUT2D eigenvalue weighted by Crippen LogP contribution is -2.22. The van der Waals surface area contributed by atoms with Crippen molar-refractivity contribution < 1.29 is 0 Å². The molecule has 4 atom stereocenters. The molecular formula is C25H30N4. The molecule has 3 aromatic rings. The first kappa shape index (κ1) is 17.5. The number of imidazole rings is 1. The van der Waals surface area contributed by atoms with Gasteiger partial charge in [-0.3, -0.25) is 0 Å². The van der Waals surface area contributed by atoms with Crippen LogP contribution in [0.4, 0.5) is 5.69 Å². The Hall–Kier alpha value is -2.33. The Morgan fingerprint density at radius 1 is 1.03 bits per heavy atom. The summed E-state index contributed by atoms with van der Waals surface area (Å²) in [5, 5.41) is 7.32. The van der Waals surface area contributed by atoms with Crippen LogP contribution in [0.15, 0.2) is 42.5 Å². The number of nitrogens with one attached hydrogen (secondary N) is 2. The summed E-state index contributed by atoms with van der Waals surface area (Å²) in [4.78, 5) is 5.31.